The number of benzene rings is 2. The van der Waals surface area contributed by atoms with E-state index in [0.717, 1.165) is 88.8 Å². The van der Waals surface area contributed by atoms with Crippen molar-refractivity contribution < 1.29 is 28.5 Å². The lowest BCUT2D eigenvalue weighted by atomic mass is 10.1. The Morgan fingerprint density at radius 1 is 0.522 bits per heavy atom. The second-order valence-corrected chi connectivity index (χ2v) is 11.3. The van der Waals surface area contributed by atoms with E-state index in [1.165, 1.54) is 11.1 Å². The van der Waals surface area contributed by atoms with E-state index in [2.05, 4.69) is 34.9 Å². The number of hydrogen-bond donors (Lipinski definition) is 4. The molecule has 0 radical (unpaired) electrons. The van der Waals surface area contributed by atoms with Gasteiger partial charge in [0.1, 0.15) is 30.5 Å². The zero-order chi connectivity index (χ0) is 32.9. The highest BCUT2D eigenvalue weighted by molar-refractivity contribution is 5.78. The van der Waals surface area contributed by atoms with Crippen LogP contribution in [0.15, 0.2) is 48.5 Å². The molecule has 0 heterocycles. The molecular weight excluding hydrogens is 584 g/mol. The lowest BCUT2D eigenvalue weighted by Gasteiger charge is -2.10. The zero-order valence-corrected chi connectivity index (χ0v) is 27.8. The number of carbonyl (C=O) groups excluding carboxylic acids is 2. The van der Waals surface area contributed by atoms with E-state index in [-0.39, 0.29) is 11.8 Å². The number of unbranched alkanes of at least 4 members (excludes halogenated alkanes) is 4. The largest absolute Gasteiger partial charge is 0.491 e. The predicted molar refractivity (Wildman–Crippen MR) is 184 cm³/mol. The Hall–Kier alpha value is -3.18. The maximum absolute atomic E-state index is 12.1. The standard InChI is InChI=1S/C36H58N4O6/c37-21-5-3-9-31-13-17-34(18-14-31)45-29-27-43-25-8-12-33(41)11-2-1-7-23-39-36(42)40-24-26-44-28-30-46-35-19-15-32(16-20-35)10-4-6-22-38/h13-20H,1-12,21-30,37-38H2,(H2,39,40,42). The molecule has 2 aromatic rings. The van der Waals surface area contributed by atoms with Crippen molar-refractivity contribution in [1.82, 2.24) is 10.6 Å². The summed E-state index contributed by atoms with van der Waals surface area (Å²) >= 11 is 0. The fourth-order valence-electron chi connectivity index (χ4n) is 4.71. The highest BCUT2D eigenvalue weighted by Crippen LogP contribution is 2.15. The topological polar surface area (TPSA) is 147 Å². The first-order chi connectivity index (χ1) is 22.6. The monoisotopic (exact) mass is 642 g/mol. The van der Waals surface area contributed by atoms with Gasteiger partial charge in [-0.1, -0.05) is 30.7 Å². The maximum atomic E-state index is 12.1. The Balaban J connectivity index is 1.32. The van der Waals surface area contributed by atoms with Crippen LogP contribution >= 0.6 is 0 Å². The molecule has 2 rings (SSSR count). The summed E-state index contributed by atoms with van der Waals surface area (Å²) in [5, 5.41) is 5.63. The van der Waals surface area contributed by atoms with Gasteiger partial charge < -0.3 is 41.0 Å². The van der Waals surface area contributed by atoms with Crippen LogP contribution in [0.2, 0.25) is 0 Å². The molecule has 0 spiro atoms. The number of aryl methyl sites for hydroxylation is 2. The third-order valence-corrected chi connectivity index (χ3v) is 7.37. The van der Waals surface area contributed by atoms with Crippen LogP contribution in [-0.2, 0) is 27.1 Å². The summed E-state index contributed by atoms with van der Waals surface area (Å²) in [7, 11) is 0. The molecule has 0 bridgehead atoms. The molecule has 2 amide bonds. The highest BCUT2D eigenvalue weighted by Gasteiger charge is 2.04. The summed E-state index contributed by atoms with van der Waals surface area (Å²) in [6.45, 7) is 5.35. The van der Waals surface area contributed by atoms with Gasteiger partial charge in [0, 0.05) is 32.5 Å². The number of urea groups is 1. The number of ketones is 1. The molecule has 258 valence electrons. The molecular formula is C36H58N4O6. The molecule has 0 aliphatic heterocycles. The normalized spacial score (nSPS) is 10.9. The predicted octanol–water partition coefficient (Wildman–Crippen LogP) is 4.95. The third kappa shape index (κ3) is 20.8. The summed E-state index contributed by atoms with van der Waals surface area (Å²) in [4.78, 5) is 24.0. The lowest BCUT2D eigenvalue weighted by Crippen LogP contribution is -2.37. The van der Waals surface area contributed by atoms with Crippen LogP contribution in [0.3, 0.4) is 0 Å². The molecule has 2 aromatic carbocycles. The summed E-state index contributed by atoms with van der Waals surface area (Å²) < 4.78 is 22.6. The summed E-state index contributed by atoms with van der Waals surface area (Å²) in [6, 6.07) is 16.1. The highest BCUT2D eigenvalue weighted by atomic mass is 16.5. The fraction of sp³-hybridized carbons (Fsp3) is 0.611. The van der Waals surface area contributed by atoms with Crippen LogP contribution in [0.5, 0.6) is 11.5 Å². The van der Waals surface area contributed by atoms with Gasteiger partial charge in [0.15, 0.2) is 0 Å². The van der Waals surface area contributed by atoms with Crippen molar-refractivity contribution in [3.63, 3.8) is 0 Å². The first kappa shape index (κ1) is 39.0. The van der Waals surface area contributed by atoms with Crippen LogP contribution in [0.25, 0.3) is 0 Å². The second-order valence-electron chi connectivity index (χ2n) is 11.3. The van der Waals surface area contributed by atoms with E-state index in [0.29, 0.717) is 65.6 Å². The van der Waals surface area contributed by atoms with Crippen LogP contribution < -0.4 is 31.6 Å². The van der Waals surface area contributed by atoms with Gasteiger partial charge in [0.05, 0.1) is 19.8 Å². The summed E-state index contributed by atoms with van der Waals surface area (Å²) in [5.74, 6) is 1.92. The van der Waals surface area contributed by atoms with E-state index in [4.69, 9.17) is 30.4 Å². The summed E-state index contributed by atoms with van der Waals surface area (Å²) in [5.41, 5.74) is 13.7. The van der Waals surface area contributed by atoms with Crippen molar-refractivity contribution in [2.75, 3.05) is 65.8 Å². The van der Waals surface area contributed by atoms with Crippen molar-refractivity contribution in [2.45, 2.75) is 77.0 Å². The van der Waals surface area contributed by atoms with Gasteiger partial charge in [-0.25, -0.2) is 4.79 Å². The molecule has 0 unspecified atom stereocenters. The van der Waals surface area contributed by atoms with Crippen molar-refractivity contribution in [1.29, 1.82) is 0 Å². The molecule has 0 saturated carbocycles. The van der Waals surface area contributed by atoms with Crippen molar-refractivity contribution in [3.05, 3.63) is 59.7 Å². The minimum atomic E-state index is -0.208. The fourth-order valence-corrected chi connectivity index (χ4v) is 4.71. The van der Waals surface area contributed by atoms with Crippen LogP contribution in [0, 0.1) is 0 Å². The third-order valence-electron chi connectivity index (χ3n) is 7.37. The Morgan fingerprint density at radius 3 is 1.61 bits per heavy atom. The molecule has 10 heteroatoms. The van der Waals surface area contributed by atoms with Crippen LogP contribution in [0.1, 0.15) is 75.3 Å². The van der Waals surface area contributed by atoms with E-state index < -0.39 is 0 Å². The lowest BCUT2D eigenvalue weighted by molar-refractivity contribution is -0.119. The smallest absolute Gasteiger partial charge is 0.314 e. The molecule has 0 aromatic heterocycles. The molecule has 10 nitrogen and oxygen atoms in total. The molecule has 6 N–H and O–H groups in total. The Kier molecular flexibility index (Phi) is 22.9. The first-order valence-corrected chi connectivity index (χ1v) is 17.1. The number of carbonyl (C=O) groups is 2. The minimum absolute atomic E-state index is 0.208. The molecule has 0 aliphatic carbocycles. The van der Waals surface area contributed by atoms with E-state index in [9.17, 15) is 9.59 Å². The van der Waals surface area contributed by atoms with Crippen molar-refractivity contribution in [2.24, 2.45) is 11.5 Å². The van der Waals surface area contributed by atoms with E-state index in [1.54, 1.807) is 0 Å². The van der Waals surface area contributed by atoms with Gasteiger partial charge in [-0.3, -0.25) is 4.79 Å². The Labute approximate surface area is 276 Å². The van der Waals surface area contributed by atoms with E-state index in [1.807, 2.05) is 24.3 Å². The number of ether oxygens (including phenoxy) is 4. The molecule has 0 saturated heterocycles. The van der Waals surface area contributed by atoms with Crippen LogP contribution in [-0.4, -0.2) is 77.6 Å². The van der Waals surface area contributed by atoms with Gasteiger partial charge in [-0.05, 0) is 106 Å². The molecule has 0 fully saturated rings. The number of Topliss-reactive ketones (excluding diaryl/α,β-unsaturated/α-hetero) is 1. The van der Waals surface area contributed by atoms with Crippen LogP contribution in [0.4, 0.5) is 4.79 Å². The number of nitrogens with two attached hydrogens (primary N) is 2. The Morgan fingerprint density at radius 2 is 1.04 bits per heavy atom. The van der Waals surface area contributed by atoms with Crippen molar-refractivity contribution >= 4 is 11.8 Å². The van der Waals surface area contributed by atoms with Gasteiger partial charge in [-0.15, -0.1) is 0 Å². The molecule has 46 heavy (non-hydrogen) atoms. The van der Waals surface area contributed by atoms with Gasteiger partial charge >= 0.3 is 6.03 Å². The van der Waals surface area contributed by atoms with E-state index >= 15 is 0 Å². The Bertz CT molecular complexity index is 952. The number of amides is 2. The SMILES string of the molecule is NCCCCc1ccc(OCCOCCCC(=O)CCCCCNC(=O)NCCOCCOc2ccc(CCCCN)cc2)cc1. The van der Waals surface area contributed by atoms with Gasteiger partial charge in [-0.2, -0.15) is 0 Å². The maximum Gasteiger partial charge on any atom is 0.314 e. The average molecular weight is 643 g/mol. The number of hydrogen-bond acceptors (Lipinski definition) is 8. The zero-order valence-electron chi connectivity index (χ0n) is 27.8. The molecule has 0 atom stereocenters. The number of nitrogens with one attached hydrogen (secondary N) is 2. The molecule has 0 aliphatic rings. The first-order valence-electron chi connectivity index (χ1n) is 17.1. The van der Waals surface area contributed by atoms with Gasteiger partial charge in [0.25, 0.3) is 0 Å². The van der Waals surface area contributed by atoms with Gasteiger partial charge in [0.2, 0.25) is 0 Å². The number of rotatable bonds is 29. The quantitative estimate of drug-likeness (QED) is 0.0912. The average Bonchev–Trinajstić information content (AvgIpc) is 3.07. The summed E-state index contributed by atoms with van der Waals surface area (Å²) in [6.07, 6.45) is 10.8. The minimum Gasteiger partial charge on any atom is -0.491 e. The van der Waals surface area contributed by atoms with Crippen molar-refractivity contribution in [3.8, 4) is 11.5 Å². The second kappa shape index (κ2) is 27.0.